The van der Waals surface area contributed by atoms with E-state index in [0.717, 1.165) is 11.8 Å². The Morgan fingerprint density at radius 3 is 2.83 bits per heavy atom. The van der Waals surface area contributed by atoms with Crippen LogP contribution in [-0.4, -0.2) is 31.1 Å². The molecule has 0 aromatic heterocycles. The van der Waals surface area contributed by atoms with Crippen LogP contribution in [0.2, 0.25) is 0 Å². The minimum absolute atomic E-state index is 0.509. The summed E-state index contributed by atoms with van der Waals surface area (Å²) < 4.78 is 0. The Balaban J connectivity index is 1.94. The van der Waals surface area contributed by atoms with E-state index in [9.17, 15) is 0 Å². The summed E-state index contributed by atoms with van der Waals surface area (Å²) in [6.07, 6.45) is 5.30. The van der Waals surface area contributed by atoms with Crippen LogP contribution in [0.25, 0.3) is 0 Å². The van der Waals surface area contributed by atoms with Gasteiger partial charge in [0.15, 0.2) is 0 Å². The second-order valence-electron chi connectivity index (χ2n) is 4.64. The Morgan fingerprint density at radius 1 is 1.17 bits per heavy atom. The molecule has 70 valence electrons. The van der Waals surface area contributed by atoms with Gasteiger partial charge < -0.3 is 10.6 Å². The van der Waals surface area contributed by atoms with Gasteiger partial charge in [-0.1, -0.05) is 0 Å². The van der Waals surface area contributed by atoms with E-state index in [1.807, 2.05) is 0 Å². The molecule has 2 aliphatic rings. The van der Waals surface area contributed by atoms with Gasteiger partial charge >= 0.3 is 0 Å². The molecule has 2 heteroatoms. The van der Waals surface area contributed by atoms with Crippen LogP contribution in [0.3, 0.4) is 0 Å². The van der Waals surface area contributed by atoms with Crippen molar-refractivity contribution in [2.24, 2.45) is 17.6 Å². The monoisotopic (exact) mass is 168 g/mol. The van der Waals surface area contributed by atoms with Crippen molar-refractivity contribution in [3.05, 3.63) is 0 Å². The molecule has 0 radical (unpaired) electrons. The summed E-state index contributed by atoms with van der Waals surface area (Å²) in [6.45, 7) is 2.60. The molecule has 1 aliphatic carbocycles. The first-order valence-corrected chi connectivity index (χ1v) is 5.20. The molecule has 1 heterocycles. The molecule has 3 atom stereocenters. The molecule has 1 saturated heterocycles. The third-order valence-corrected chi connectivity index (χ3v) is 3.61. The highest BCUT2D eigenvalue weighted by molar-refractivity contribution is 4.86. The van der Waals surface area contributed by atoms with E-state index >= 15 is 0 Å². The molecule has 0 spiro atoms. The van der Waals surface area contributed by atoms with Gasteiger partial charge in [0.25, 0.3) is 0 Å². The number of likely N-dealkylation sites (tertiary alicyclic amines) is 1. The molecule has 2 rings (SSSR count). The Kier molecular flexibility index (Phi) is 2.37. The van der Waals surface area contributed by atoms with E-state index in [1.165, 1.54) is 38.8 Å². The first kappa shape index (κ1) is 8.52. The maximum absolute atomic E-state index is 5.96. The standard InChI is InChI=1S/C10H20N2/c1-12-5-4-8-6-10(11)3-2-9(8)7-12/h8-10H,2-7,11H2,1H3/t8-,9+,10-/m1/s1. The van der Waals surface area contributed by atoms with Crippen LogP contribution >= 0.6 is 0 Å². The molecule has 0 amide bonds. The van der Waals surface area contributed by atoms with Crippen LogP contribution < -0.4 is 5.73 Å². The number of piperidine rings is 1. The number of hydrogen-bond acceptors (Lipinski definition) is 2. The number of nitrogens with zero attached hydrogens (tertiary/aromatic N) is 1. The van der Waals surface area contributed by atoms with Crippen LogP contribution in [-0.2, 0) is 0 Å². The normalized spacial score (nSPS) is 44.0. The maximum Gasteiger partial charge on any atom is 0.00416 e. The summed E-state index contributed by atoms with van der Waals surface area (Å²) in [5.74, 6) is 1.91. The molecule has 0 unspecified atom stereocenters. The fourth-order valence-electron chi connectivity index (χ4n) is 2.83. The van der Waals surface area contributed by atoms with Crippen molar-refractivity contribution in [3.8, 4) is 0 Å². The fraction of sp³-hybridized carbons (Fsp3) is 1.00. The van der Waals surface area contributed by atoms with Crippen molar-refractivity contribution in [2.75, 3.05) is 20.1 Å². The lowest BCUT2D eigenvalue weighted by Crippen LogP contribution is -2.43. The minimum Gasteiger partial charge on any atom is -0.328 e. The molecule has 0 bridgehead atoms. The SMILES string of the molecule is CN1CC[C@@H]2C[C@H](N)CC[C@H]2C1. The highest BCUT2D eigenvalue weighted by atomic mass is 15.1. The van der Waals surface area contributed by atoms with E-state index in [0.29, 0.717) is 6.04 Å². The van der Waals surface area contributed by atoms with E-state index in [-0.39, 0.29) is 0 Å². The van der Waals surface area contributed by atoms with E-state index in [1.54, 1.807) is 0 Å². The highest BCUT2D eigenvalue weighted by Gasteiger charge is 2.32. The summed E-state index contributed by atoms with van der Waals surface area (Å²) in [7, 11) is 2.24. The molecule has 0 aromatic rings. The van der Waals surface area contributed by atoms with Crippen LogP contribution in [0.4, 0.5) is 0 Å². The molecule has 1 saturated carbocycles. The predicted octanol–water partition coefficient (Wildman–Crippen LogP) is 1.07. The van der Waals surface area contributed by atoms with Gasteiger partial charge in [0.05, 0.1) is 0 Å². The van der Waals surface area contributed by atoms with Crippen molar-refractivity contribution < 1.29 is 0 Å². The quantitative estimate of drug-likeness (QED) is 0.586. The van der Waals surface area contributed by atoms with Crippen molar-refractivity contribution in [1.82, 2.24) is 4.90 Å². The van der Waals surface area contributed by atoms with Gasteiger partial charge in [-0.25, -0.2) is 0 Å². The lowest BCUT2D eigenvalue weighted by molar-refractivity contribution is 0.0968. The average Bonchev–Trinajstić information content (AvgIpc) is 2.05. The zero-order valence-electron chi connectivity index (χ0n) is 8.00. The number of hydrogen-bond donors (Lipinski definition) is 1. The Bertz CT molecular complexity index is 140. The van der Waals surface area contributed by atoms with Gasteiger partial charge in [-0.15, -0.1) is 0 Å². The topological polar surface area (TPSA) is 29.3 Å². The number of nitrogens with two attached hydrogens (primary N) is 1. The van der Waals surface area contributed by atoms with Gasteiger partial charge in [0.2, 0.25) is 0 Å². The van der Waals surface area contributed by atoms with Gasteiger partial charge in [0.1, 0.15) is 0 Å². The summed E-state index contributed by atoms with van der Waals surface area (Å²) >= 11 is 0. The maximum atomic E-state index is 5.96. The Hall–Kier alpha value is -0.0800. The summed E-state index contributed by atoms with van der Waals surface area (Å²) in [5, 5.41) is 0. The zero-order valence-corrected chi connectivity index (χ0v) is 8.00. The second-order valence-corrected chi connectivity index (χ2v) is 4.64. The zero-order chi connectivity index (χ0) is 8.55. The van der Waals surface area contributed by atoms with Crippen molar-refractivity contribution in [3.63, 3.8) is 0 Å². The fourth-order valence-corrected chi connectivity index (χ4v) is 2.83. The van der Waals surface area contributed by atoms with Crippen LogP contribution in [0.15, 0.2) is 0 Å². The first-order chi connectivity index (χ1) is 5.75. The smallest absolute Gasteiger partial charge is 0.00416 e. The number of fused-ring (bicyclic) bond motifs is 1. The van der Waals surface area contributed by atoms with E-state index in [2.05, 4.69) is 11.9 Å². The second kappa shape index (κ2) is 3.35. The van der Waals surface area contributed by atoms with Gasteiger partial charge in [-0.3, -0.25) is 0 Å². The van der Waals surface area contributed by atoms with Crippen molar-refractivity contribution >= 4 is 0 Å². The third-order valence-electron chi connectivity index (χ3n) is 3.61. The largest absolute Gasteiger partial charge is 0.328 e. The van der Waals surface area contributed by atoms with Gasteiger partial charge in [-0.2, -0.15) is 0 Å². The number of rotatable bonds is 0. The molecule has 0 aromatic carbocycles. The average molecular weight is 168 g/mol. The van der Waals surface area contributed by atoms with Crippen LogP contribution in [0.5, 0.6) is 0 Å². The lowest BCUT2D eigenvalue weighted by Gasteiger charge is -2.41. The Labute approximate surface area is 75.1 Å². The van der Waals surface area contributed by atoms with E-state index < -0.39 is 0 Å². The first-order valence-electron chi connectivity index (χ1n) is 5.20. The predicted molar refractivity (Wildman–Crippen MR) is 50.9 cm³/mol. The molecular formula is C10H20N2. The molecule has 2 N–H and O–H groups in total. The van der Waals surface area contributed by atoms with Crippen molar-refractivity contribution in [1.29, 1.82) is 0 Å². The molecule has 2 nitrogen and oxygen atoms in total. The van der Waals surface area contributed by atoms with Gasteiger partial charge in [-0.05, 0) is 51.1 Å². The van der Waals surface area contributed by atoms with Gasteiger partial charge in [0, 0.05) is 12.6 Å². The molecule has 1 aliphatic heterocycles. The molecular weight excluding hydrogens is 148 g/mol. The summed E-state index contributed by atoms with van der Waals surface area (Å²) in [6, 6.07) is 0.509. The van der Waals surface area contributed by atoms with E-state index in [4.69, 9.17) is 5.73 Å². The minimum atomic E-state index is 0.509. The van der Waals surface area contributed by atoms with Crippen LogP contribution in [0, 0.1) is 11.8 Å². The highest BCUT2D eigenvalue weighted by Crippen LogP contribution is 2.34. The summed E-state index contributed by atoms with van der Waals surface area (Å²) in [4.78, 5) is 2.47. The molecule has 2 fully saturated rings. The Morgan fingerprint density at radius 2 is 2.00 bits per heavy atom. The molecule has 12 heavy (non-hydrogen) atoms. The van der Waals surface area contributed by atoms with Crippen molar-refractivity contribution in [2.45, 2.75) is 31.7 Å². The summed E-state index contributed by atoms with van der Waals surface area (Å²) in [5.41, 5.74) is 5.96. The third kappa shape index (κ3) is 1.64. The van der Waals surface area contributed by atoms with Crippen LogP contribution in [0.1, 0.15) is 25.7 Å². The lowest BCUT2D eigenvalue weighted by atomic mass is 9.73.